The molecule has 16 heteroatoms. The molecule has 0 saturated carbocycles. The van der Waals surface area contributed by atoms with E-state index in [2.05, 4.69) is 32.8 Å². The largest absolute Gasteiger partial charge is 0.616 e. The van der Waals surface area contributed by atoms with E-state index < -0.39 is 27.1 Å². The number of methoxy groups -OCH3 is 2. The molecule has 6 rings (SSSR count). The quantitative estimate of drug-likeness (QED) is 0.107. The molecular weight excluding hydrogens is 803 g/mol. The Labute approximate surface area is 355 Å². The third kappa shape index (κ3) is 10.3. The van der Waals surface area contributed by atoms with Crippen LogP contribution in [0.15, 0.2) is 72.9 Å². The van der Waals surface area contributed by atoms with Crippen molar-refractivity contribution in [3.63, 3.8) is 0 Å². The Bertz CT molecular complexity index is 2500. The van der Waals surface area contributed by atoms with Gasteiger partial charge < -0.3 is 30.0 Å². The summed E-state index contributed by atoms with van der Waals surface area (Å²) in [5, 5.41) is 9.93. The molecule has 1 fully saturated rings. The first-order chi connectivity index (χ1) is 28.5. The summed E-state index contributed by atoms with van der Waals surface area (Å²) in [7, 11) is -0.758. The highest BCUT2D eigenvalue weighted by Gasteiger charge is 2.27. The lowest BCUT2D eigenvalue weighted by atomic mass is 9.86. The van der Waals surface area contributed by atoms with Gasteiger partial charge in [-0.05, 0) is 90.0 Å². The van der Waals surface area contributed by atoms with Crippen LogP contribution >= 0.6 is 0 Å². The zero-order valence-corrected chi connectivity index (χ0v) is 36.7. The minimum absolute atomic E-state index is 0.0656. The lowest BCUT2D eigenvalue weighted by Crippen LogP contribution is -2.43. The first kappa shape index (κ1) is 44.1. The molecule has 1 aliphatic rings. The molecule has 1 saturated heterocycles. The van der Waals surface area contributed by atoms with Gasteiger partial charge in [0.1, 0.15) is 17.3 Å². The number of carbonyl (C=O) groups is 2. The van der Waals surface area contributed by atoms with Crippen LogP contribution in [0.2, 0.25) is 0 Å². The highest BCUT2D eigenvalue weighted by molar-refractivity contribution is 7.92. The molecule has 0 bridgehead atoms. The van der Waals surface area contributed by atoms with Crippen molar-refractivity contribution in [2.45, 2.75) is 33.1 Å². The Kier molecular flexibility index (Phi) is 13.6. The third-order valence-electron chi connectivity index (χ3n) is 10.3. The lowest BCUT2D eigenvalue weighted by molar-refractivity contribution is 0.0945. The summed E-state index contributed by atoms with van der Waals surface area (Å²) < 4.78 is 49.6. The number of aryl methyl sites for hydroxylation is 1. The van der Waals surface area contributed by atoms with Gasteiger partial charge in [-0.25, -0.2) is 18.4 Å². The zero-order chi connectivity index (χ0) is 43.4. The fourth-order valence-corrected chi connectivity index (χ4v) is 8.89. The minimum atomic E-state index is -3.70. The maximum atomic E-state index is 13.9. The van der Waals surface area contributed by atoms with Gasteiger partial charge in [-0.2, -0.15) is 0 Å². The summed E-state index contributed by atoms with van der Waals surface area (Å²) in [4.78, 5) is 38.4. The minimum Gasteiger partial charge on any atom is -0.616 e. The number of amides is 2. The van der Waals surface area contributed by atoms with Gasteiger partial charge >= 0.3 is 0 Å². The predicted octanol–water partition coefficient (Wildman–Crippen LogP) is 6.31. The number of nitrogens with zero attached hydrogens (tertiary/aromatic N) is 4. The van der Waals surface area contributed by atoms with Gasteiger partial charge in [0.05, 0.1) is 42.9 Å². The van der Waals surface area contributed by atoms with Gasteiger partial charge in [0.15, 0.2) is 5.75 Å². The normalized spacial score (nSPS) is 13.8. The molecule has 14 nitrogen and oxygen atoms in total. The molecule has 0 unspecified atom stereocenters. The number of benzene rings is 4. The van der Waals surface area contributed by atoms with Crippen molar-refractivity contribution in [3.8, 4) is 22.6 Å². The van der Waals surface area contributed by atoms with E-state index in [-0.39, 0.29) is 29.3 Å². The van der Waals surface area contributed by atoms with Crippen LogP contribution in [0.1, 0.15) is 52.6 Å². The average Bonchev–Trinajstić information content (AvgIpc) is 3.20. The zero-order valence-electron chi connectivity index (χ0n) is 35.0. The highest BCUT2D eigenvalue weighted by atomic mass is 32.2. The number of hydrogen-bond donors (Lipinski definition) is 3. The molecule has 4 aromatic carbocycles. The Balaban J connectivity index is 1.18. The molecule has 60 heavy (non-hydrogen) atoms. The fraction of sp³-hybridized carbons (Fsp3) is 0.341. The standard InChI is InChI=1S/C44H52N7O7S2/c1-9-51(60(8,55)56)38-25-32(44(3,4)5)24-37(40(38)58-7)48-41(52)30-11-10-28(2)35(23-30)29-12-15-36-31(22-29)27-46-43(49-36)47-33-13-14-34(39(26-33)57-6)42(53)45-16-17-50-18-20-59(54)21-19-50/h10-15,22-27H,1,9,16-21H2,2-8H3,(H,45,53)(H,48,52)(H,46,47,49). The van der Waals surface area contributed by atoms with Crippen molar-refractivity contribution in [2.24, 2.45) is 0 Å². The number of hydrogen-bond acceptors (Lipinski definition) is 11. The predicted molar refractivity (Wildman–Crippen MR) is 240 cm³/mol. The van der Waals surface area contributed by atoms with Gasteiger partial charge in [0.2, 0.25) is 16.0 Å². The highest BCUT2D eigenvalue weighted by Crippen LogP contribution is 2.42. The van der Waals surface area contributed by atoms with Gasteiger partial charge in [0.25, 0.3) is 11.8 Å². The van der Waals surface area contributed by atoms with Gasteiger partial charge in [-0.3, -0.25) is 18.8 Å². The van der Waals surface area contributed by atoms with Crippen LogP contribution < -0.4 is 29.7 Å². The summed E-state index contributed by atoms with van der Waals surface area (Å²) in [5.41, 5.74) is 5.82. The molecule has 317 valence electrons. The smallest absolute Gasteiger partial charge is 0.255 e. The Morgan fingerprint density at radius 2 is 1.73 bits per heavy atom. The molecule has 0 atom stereocenters. The summed E-state index contributed by atoms with van der Waals surface area (Å²) in [6.07, 6.45) is 2.83. The number of ether oxygens (including phenoxy) is 2. The average molecular weight is 855 g/mol. The number of nitrogens with one attached hydrogen (secondary N) is 3. The van der Waals surface area contributed by atoms with E-state index in [1.807, 2.05) is 64.1 Å². The molecule has 2 heterocycles. The molecule has 2 amide bonds. The first-order valence-electron chi connectivity index (χ1n) is 19.5. The Morgan fingerprint density at radius 1 is 0.983 bits per heavy atom. The van der Waals surface area contributed by atoms with Crippen LogP contribution in [0.25, 0.3) is 22.0 Å². The number of fused-ring (bicyclic) bond motifs is 1. The van der Waals surface area contributed by atoms with E-state index in [4.69, 9.17) is 14.5 Å². The van der Waals surface area contributed by atoms with Crippen molar-refractivity contribution in [3.05, 3.63) is 102 Å². The number of carbonyl (C=O) groups excluding carboxylic acids is 2. The van der Waals surface area contributed by atoms with Gasteiger partial charge in [0, 0.05) is 61.6 Å². The van der Waals surface area contributed by atoms with Crippen molar-refractivity contribution in [1.29, 1.82) is 0 Å². The van der Waals surface area contributed by atoms with Crippen LogP contribution in [0.5, 0.6) is 11.5 Å². The van der Waals surface area contributed by atoms with Crippen LogP contribution in [0, 0.1) is 13.8 Å². The third-order valence-corrected chi connectivity index (χ3v) is 12.8. The van der Waals surface area contributed by atoms with E-state index in [0.29, 0.717) is 64.3 Å². The van der Waals surface area contributed by atoms with Crippen LogP contribution in [0.4, 0.5) is 23.0 Å². The second-order valence-corrected chi connectivity index (χ2v) is 19.2. The van der Waals surface area contributed by atoms with Gasteiger partial charge in [-0.15, -0.1) is 0 Å². The molecule has 5 aromatic rings. The van der Waals surface area contributed by atoms with E-state index in [0.717, 1.165) is 51.3 Å². The van der Waals surface area contributed by atoms with Gasteiger partial charge in [-0.1, -0.05) is 44.1 Å². The van der Waals surface area contributed by atoms with Crippen molar-refractivity contribution in [1.82, 2.24) is 20.2 Å². The molecule has 1 aliphatic heterocycles. The maximum absolute atomic E-state index is 13.9. The van der Waals surface area contributed by atoms with E-state index >= 15 is 0 Å². The molecular formula is C44H52N7O7S2. The topological polar surface area (TPSA) is 178 Å². The molecule has 0 aliphatic carbocycles. The molecule has 1 aromatic heterocycles. The molecule has 0 spiro atoms. The maximum Gasteiger partial charge on any atom is 0.255 e. The Hall–Kier alpha value is -5.42. The second-order valence-electron chi connectivity index (χ2n) is 15.6. The summed E-state index contributed by atoms with van der Waals surface area (Å²) in [6, 6.07) is 20.0. The van der Waals surface area contributed by atoms with Crippen LogP contribution in [0.3, 0.4) is 0 Å². The van der Waals surface area contributed by atoms with Crippen LogP contribution in [-0.2, 0) is 26.6 Å². The van der Waals surface area contributed by atoms with E-state index in [1.165, 1.54) is 14.2 Å². The summed E-state index contributed by atoms with van der Waals surface area (Å²) in [6.45, 7) is 14.4. The van der Waals surface area contributed by atoms with Crippen LogP contribution in [-0.4, -0.2) is 104 Å². The van der Waals surface area contributed by atoms with E-state index in [9.17, 15) is 22.6 Å². The summed E-state index contributed by atoms with van der Waals surface area (Å²) in [5.74, 6) is 1.66. The number of sulfonamides is 1. The van der Waals surface area contributed by atoms with Crippen molar-refractivity contribution < 1.29 is 32.0 Å². The molecule has 3 N–H and O–H groups in total. The van der Waals surface area contributed by atoms with Crippen molar-refractivity contribution >= 4 is 66.9 Å². The molecule has 1 radical (unpaired) electrons. The fourth-order valence-electron chi connectivity index (χ4n) is 6.94. The lowest BCUT2D eigenvalue weighted by Gasteiger charge is -2.28. The first-order valence-corrected chi connectivity index (χ1v) is 22.8. The van der Waals surface area contributed by atoms with Crippen molar-refractivity contribution in [2.75, 3.05) is 79.6 Å². The Morgan fingerprint density at radius 3 is 2.40 bits per heavy atom. The summed E-state index contributed by atoms with van der Waals surface area (Å²) >= 11 is -0.744. The second kappa shape index (κ2) is 18.5. The SMILES string of the molecule is [CH2]CN(c1cc(C(C)(C)C)cc(NC(=O)c2ccc(C)c(-c3ccc4nc(Nc5ccc(C(=O)NCCN6CC[S+]([O-])CC6)c(OC)c5)ncc4c3)c2)c1OC)S(C)(=O)=O. The van der Waals surface area contributed by atoms with E-state index in [1.54, 1.807) is 36.5 Å². The monoisotopic (exact) mass is 854 g/mol. The number of anilines is 4. The number of rotatable bonds is 14. The number of aromatic nitrogens is 2.